The van der Waals surface area contributed by atoms with E-state index in [9.17, 15) is 19.3 Å². The van der Waals surface area contributed by atoms with Crippen LogP contribution in [0.3, 0.4) is 0 Å². The molecule has 2 rings (SSSR count). The lowest BCUT2D eigenvalue weighted by Gasteiger charge is -2.17. The molecular weight excluding hydrogens is 385 g/mol. The van der Waals surface area contributed by atoms with Gasteiger partial charge in [-0.05, 0) is 18.6 Å². The smallest absolute Gasteiger partial charge is 0.319 e. The second kappa shape index (κ2) is 10.2. The molecule has 2 N–H and O–H groups in total. The highest BCUT2D eigenvalue weighted by molar-refractivity contribution is 5.90. The number of methoxy groups -OCH3 is 2. The van der Waals surface area contributed by atoms with Gasteiger partial charge in [-0.2, -0.15) is 0 Å². The van der Waals surface area contributed by atoms with Crippen molar-refractivity contribution in [3.05, 3.63) is 52.3 Å². The molecule has 29 heavy (non-hydrogen) atoms. The monoisotopic (exact) mass is 407 g/mol. The summed E-state index contributed by atoms with van der Waals surface area (Å²) in [6.07, 6.45) is 0.648. The van der Waals surface area contributed by atoms with Gasteiger partial charge in [-0.25, -0.2) is 9.18 Å². The number of rotatable bonds is 9. The van der Waals surface area contributed by atoms with Crippen LogP contribution in [0.4, 0.5) is 20.6 Å². The summed E-state index contributed by atoms with van der Waals surface area (Å²) in [6.45, 7) is 2.22. The summed E-state index contributed by atoms with van der Waals surface area (Å²) >= 11 is 0. The van der Waals surface area contributed by atoms with Crippen LogP contribution in [0.2, 0.25) is 0 Å². The Hall–Kier alpha value is -3.40. The number of hydrogen-bond donors (Lipinski definition) is 2. The van der Waals surface area contributed by atoms with Crippen molar-refractivity contribution in [3.8, 4) is 17.2 Å². The van der Waals surface area contributed by atoms with Gasteiger partial charge in [-0.15, -0.1) is 0 Å². The highest BCUT2D eigenvalue weighted by Gasteiger charge is 2.17. The van der Waals surface area contributed by atoms with Crippen molar-refractivity contribution in [1.82, 2.24) is 5.32 Å². The molecule has 1 unspecified atom stereocenters. The topological polar surface area (TPSA) is 112 Å². The summed E-state index contributed by atoms with van der Waals surface area (Å²) in [4.78, 5) is 22.3. The Morgan fingerprint density at radius 2 is 1.90 bits per heavy atom. The Kier molecular flexibility index (Phi) is 7.72. The van der Waals surface area contributed by atoms with Crippen LogP contribution in [0.1, 0.15) is 13.3 Å². The molecule has 0 aliphatic carbocycles. The van der Waals surface area contributed by atoms with Crippen LogP contribution in [-0.4, -0.2) is 37.8 Å². The standard InChI is InChI=1S/C19H22FN3O6/c1-4-12(11-27-2)21-19(24)22-16-10-17(28-3)18(9-15(16)20)29-14-7-5-13(6-8-14)23(25)26/h5-10,12H,4,11H2,1-3H3,(H2,21,22,24). The summed E-state index contributed by atoms with van der Waals surface area (Å²) in [5.41, 5.74) is -0.192. The molecule has 0 aliphatic rings. The predicted molar refractivity (Wildman–Crippen MR) is 104 cm³/mol. The van der Waals surface area contributed by atoms with Crippen molar-refractivity contribution in [2.75, 3.05) is 26.1 Å². The Morgan fingerprint density at radius 3 is 2.45 bits per heavy atom. The number of ether oxygens (including phenoxy) is 3. The predicted octanol–water partition coefficient (Wildman–Crippen LogP) is 4.08. The molecule has 0 heterocycles. The Bertz CT molecular complexity index is 860. The van der Waals surface area contributed by atoms with Crippen LogP contribution in [0.25, 0.3) is 0 Å². The van der Waals surface area contributed by atoms with Gasteiger partial charge in [0.2, 0.25) is 0 Å². The highest BCUT2D eigenvalue weighted by atomic mass is 19.1. The first-order chi connectivity index (χ1) is 13.9. The molecule has 0 saturated carbocycles. The summed E-state index contributed by atoms with van der Waals surface area (Å²) < 4.78 is 30.2. The molecule has 0 bridgehead atoms. The number of halogens is 1. The number of anilines is 1. The molecule has 0 saturated heterocycles. The number of amides is 2. The van der Waals surface area contributed by atoms with Crippen molar-refractivity contribution in [2.45, 2.75) is 19.4 Å². The fourth-order valence-electron chi connectivity index (χ4n) is 2.44. The lowest BCUT2D eigenvalue weighted by Crippen LogP contribution is -2.40. The third-order valence-electron chi connectivity index (χ3n) is 3.97. The van der Waals surface area contributed by atoms with Crippen LogP contribution in [0, 0.1) is 15.9 Å². The summed E-state index contributed by atoms with van der Waals surface area (Å²) in [5.74, 6) is -0.255. The second-order valence-electron chi connectivity index (χ2n) is 5.99. The SMILES string of the molecule is CCC(COC)NC(=O)Nc1cc(OC)c(Oc2ccc([N+](=O)[O-])cc2)cc1F. The number of hydrogen-bond acceptors (Lipinski definition) is 6. The normalized spacial score (nSPS) is 11.4. The van der Waals surface area contributed by atoms with E-state index in [0.717, 1.165) is 6.07 Å². The first kappa shape index (κ1) is 21.9. The van der Waals surface area contributed by atoms with Crippen LogP contribution in [-0.2, 0) is 4.74 Å². The maximum atomic E-state index is 14.5. The number of nitrogens with zero attached hydrogens (tertiary/aromatic N) is 1. The number of urea groups is 1. The van der Waals surface area contributed by atoms with Gasteiger partial charge in [0.1, 0.15) is 5.75 Å². The van der Waals surface area contributed by atoms with E-state index in [4.69, 9.17) is 14.2 Å². The van der Waals surface area contributed by atoms with Crippen molar-refractivity contribution in [2.24, 2.45) is 0 Å². The van der Waals surface area contributed by atoms with E-state index >= 15 is 0 Å². The Balaban J connectivity index is 2.15. The van der Waals surface area contributed by atoms with Gasteiger partial charge >= 0.3 is 6.03 Å². The average molecular weight is 407 g/mol. The zero-order chi connectivity index (χ0) is 21.4. The zero-order valence-electron chi connectivity index (χ0n) is 16.2. The minimum atomic E-state index is -0.738. The van der Waals surface area contributed by atoms with Gasteiger partial charge in [0.15, 0.2) is 17.3 Å². The molecule has 0 radical (unpaired) electrons. The maximum Gasteiger partial charge on any atom is 0.319 e. The summed E-state index contributed by atoms with van der Waals surface area (Å²) in [5, 5.41) is 15.8. The minimum Gasteiger partial charge on any atom is -0.493 e. The Morgan fingerprint density at radius 1 is 1.21 bits per heavy atom. The molecular formula is C19H22FN3O6. The molecule has 0 spiro atoms. The number of carbonyl (C=O) groups excluding carboxylic acids is 1. The van der Waals surface area contributed by atoms with E-state index in [2.05, 4.69) is 10.6 Å². The number of benzene rings is 2. The van der Waals surface area contributed by atoms with E-state index in [1.165, 1.54) is 44.6 Å². The van der Waals surface area contributed by atoms with E-state index in [1.807, 2.05) is 6.92 Å². The molecule has 2 amide bonds. The first-order valence-electron chi connectivity index (χ1n) is 8.74. The molecule has 0 fully saturated rings. The summed E-state index contributed by atoms with van der Waals surface area (Å²) in [6, 6.07) is 6.85. The van der Waals surface area contributed by atoms with E-state index < -0.39 is 16.8 Å². The van der Waals surface area contributed by atoms with Crippen LogP contribution in [0.5, 0.6) is 17.2 Å². The number of nitro groups is 1. The average Bonchev–Trinajstić information content (AvgIpc) is 2.70. The largest absolute Gasteiger partial charge is 0.493 e. The lowest BCUT2D eigenvalue weighted by molar-refractivity contribution is -0.384. The second-order valence-corrected chi connectivity index (χ2v) is 5.99. The van der Waals surface area contributed by atoms with Gasteiger partial charge in [0.05, 0.1) is 30.4 Å². The quantitative estimate of drug-likeness (QED) is 0.478. The third kappa shape index (κ3) is 6.04. The number of nitro benzene ring substituents is 1. The fourth-order valence-corrected chi connectivity index (χ4v) is 2.44. The van der Waals surface area contributed by atoms with Gasteiger partial charge in [0.25, 0.3) is 5.69 Å². The molecule has 156 valence electrons. The molecule has 10 heteroatoms. The minimum absolute atomic E-state index is 0.0515. The lowest BCUT2D eigenvalue weighted by atomic mass is 10.2. The van der Waals surface area contributed by atoms with Gasteiger partial charge in [0, 0.05) is 31.4 Å². The maximum absolute atomic E-state index is 14.5. The molecule has 0 aliphatic heterocycles. The van der Waals surface area contributed by atoms with Crippen molar-refractivity contribution < 1.29 is 28.3 Å². The Labute approximate surface area is 166 Å². The van der Waals surface area contributed by atoms with E-state index in [-0.39, 0.29) is 34.7 Å². The molecule has 2 aromatic carbocycles. The molecule has 0 aromatic heterocycles. The number of nitrogens with one attached hydrogen (secondary N) is 2. The van der Waals surface area contributed by atoms with Gasteiger partial charge in [-0.3, -0.25) is 10.1 Å². The molecule has 1 atom stereocenters. The molecule has 2 aromatic rings. The van der Waals surface area contributed by atoms with Crippen LogP contribution >= 0.6 is 0 Å². The van der Waals surface area contributed by atoms with E-state index in [1.54, 1.807) is 0 Å². The first-order valence-corrected chi connectivity index (χ1v) is 8.74. The fraction of sp³-hybridized carbons (Fsp3) is 0.316. The summed E-state index contributed by atoms with van der Waals surface area (Å²) in [7, 11) is 2.89. The van der Waals surface area contributed by atoms with Crippen LogP contribution in [0.15, 0.2) is 36.4 Å². The van der Waals surface area contributed by atoms with Gasteiger partial charge in [-0.1, -0.05) is 6.92 Å². The van der Waals surface area contributed by atoms with Gasteiger partial charge < -0.3 is 24.8 Å². The number of non-ortho nitro benzene ring substituents is 1. The number of carbonyl (C=O) groups is 1. The van der Waals surface area contributed by atoms with Crippen molar-refractivity contribution in [1.29, 1.82) is 0 Å². The van der Waals surface area contributed by atoms with Crippen molar-refractivity contribution >= 4 is 17.4 Å². The highest BCUT2D eigenvalue weighted by Crippen LogP contribution is 2.36. The zero-order valence-corrected chi connectivity index (χ0v) is 16.2. The van der Waals surface area contributed by atoms with Crippen molar-refractivity contribution in [3.63, 3.8) is 0 Å². The molecule has 9 nitrogen and oxygen atoms in total. The third-order valence-corrected chi connectivity index (χ3v) is 3.97. The van der Waals surface area contributed by atoms with Crippen LogP contribution < -0.4 is 20.1 Å². The van der Waals surface area contributed by atoms with E-state index in [0.29, 0.717) is 13.0 Å².